The summed E-state index contributed by atoms with van der Waals surface area (Å²) < 4.78 is 15.1. The largest absolute Gasteiger partial charge is 0.351 e. The Bertz CT molecular complexity index is 1010. The molecule has 1 aliphatic heterocycles. The van der Waals surface area contributed by atoms with E-state index in [1.165, 1.54) is 30.3 Å². The van der Waals surface area contributed by atoms with Crippen LogP contribution in [0.25, 0.3) is 0 Å². The van der Waals surface area contributed by atoms with Gasteiger partial charge in [-0.05, 0) is 49.5 Å². The highest BCUT2D eigenvalue weighted by molar-refractivity contribution is 9.10. The van der Waals surface area contributed by atoms with E-state index >= 15 is 0 Å². The Morgan fingerprint density at radius 3 is 2.61 bits per heavy atom. The van der Waals surface area contributed by atoms with Crippen molar-refractivity contribution in [3.8, 4) is 0 Å². The van der Waals surface area contributed by atoms with Gasteiger partial charge in [-0.3, -0.25) is 14.9 Å². The molecular formula is C18H14BrFN4O3S. The predicted molar refractivity (Wildman–Crippen MR) is 110 cm³/mol. The van der Waals surface area contributed by atoms with E-state index in [4.69, 9.17) is 12.2 Å². The first-order valence-corrected chi connectivity index (χ1v) is 9.25. The molecule has 1 amide bonds. The fourth-order valence-electron chi connectivity index (χ4n) is 2.83. The van der Waals surface area contributed by atoms with Gasteiger partial charge in [0.1, 0.15) is 5.82 Å². The number of benzene rings is 2. The van der Waals surface area contributed by atoms with Crippen LogP contribution in [0, 0.1) is 15.9 Å². The highest BCUT2D eigenvalue weighted by atomic mass is 79.9. The van der Waals surface area contributed by atoms with Gasteiger partial charge in [0.2, 0.25) is 0 Å². The van der Waals surface area contributed by atoms with Crippen molar-refractivity contribution in [1.29, 1.82) is 0 Å². The van der Waals surface area contributed by atoms with Crippen LogP contribution in [-0.2, 0) is 4.79 Å². The van der Waals surface area contributed by atoms with Gasteiger partial charge in [-0.25, -0.2) is 4.39 Å². The number of rotatable bonds is 4. The topological polar surface area (TPSA) is 96.3 Å². The molecule has 2 aromatic rings. The molecule has 0 bridgehead atoms. The number of non-ortho nitro benzene ring substituents is 1. The van der Waals surface area contributed by atoms with E-state index in [0.29, 0.717) is 15.9 Å². The monoisotopic (exact) mass is 464 g/mol. The molecule has 0 radical (unpaired) electrons. The summed E-state index contributed by atoms with van der Waals surface area (Å²) in [5.41, 5.74) is 1.27. The Morgan fingerprint density at radius 2 is 1.96 bits per heavy atom. The number of nitro groups is 1. The fraction of sp³-hybridized carbons (Fsp3) is 0.111. The number of thiocarbonyl (C=S) groups is 1. The minimum atomic E-state index is -0.802. The summed E-state index contributed by atoms with van der Waals surface area (Å²) in [6.45, 7) is 1.67. The van der Waals surface area contributed by atoms with Gasteiger partial charge in [-0.1, -0.05) is 15.9 Å². The summed E-state index contributed by atoms with van der Waals surface area (Å²) in [6, 6.07) is 9.06. The highest BCUT2D eigenvalue weighted by Gasteiger charge is 2.31. The Balaban J connectivity index is 1.94. The Kier molecular flexibility index (Phi) is 5.71. The van der Waals surface area contributed by atoms with E-state index in [0.717, 1.165) is 0 Å². The molecule has 0 fully saturated rings. The summed E-state index contributed by atoms with van der Waals surface area (Å²) in [7, 11) is 0. The summed E-state index contributed by atoms with van der Waals surface area (Å²) >= 11 is 8.47. The van der Waals surface area contributed by atoms with E-state index in [2.05, 4.69) is 31.9 Å². The molecule has 144 valence electrons. The molecule has 0 aromatic heterocycles. The molecule has 1 heterocycles. The van der Waals surface area contributed by atoms with Crippen molar-refractivity contribution in [2.24, 2.45) is 0 Å². The molecule has 3 N–H and O–H groups in total. The van der Waals surface area contributed by atoms with Crippen molar-refractivity contribution >= 4 is 50.5 Å². The SMILES string of the molecule is CC1=C(C(=O)Nc2ccc([N+](=O)[O-])cc2)C(c2cc(Br)ccc2F)NC(=S)N1. The first-order valence-electron chi connectivity index (χ1n) is 8.05. The third-order valence-corrected chi connectivity index (χ3v) is 4.83. The van der Waals surface area contributed by atoms with Crippen LogP contribution in [0.3, 0.4) is 0 Å². The normalized spacial score (nSPS) is 16.2. The molecule has 1 aliphatic rings. The van der Waals surface area contributed by atoms with Crippen molar-refractivity contribution < 1.29 is 14.1 Å². The van der Waals surface area contributed by atoms with Gasteiger partial charge >= 0.3 is 0 Å². The molecule has 1 atom stereocenters. The van der Waals surface area contributed by atoms with Crippen LogP contribution in [0.1, 0.15) is 18.5 Å². The second-order valence-corrected chi connectivity index (χ2v) is 7.32. The minimum Gasteiger partial charge on any atom is -0.351 e. The molecular weight excluding hydrogens is 451 g/mol. The van der Waals surface area contributed by atoms with Crippen LogP contribution in [0.4, 0.5) is 15.8 Å². The molecule has 28 heavy (non-hydrogen) atoms. The number of carbonyl (C=O) groups excluding carboxylic acids is 1. The number of hydrogen-bond acceptors (Lipinski definition) is 4. The second-order valence-electron chi connectivity index (χ2n) is 5.99. The van der Waals surface area contributed by atoms with Crippen molar-refractivity contribution in [3.63, 3.8) is 0 Å². The van der Waals surface area contributed by atoms with Gasteiger partial charge in [0.25, 0.3) is 11.6 Å². The maximum atomic E-state index is 14.4. The van der Waals surface area contributed by atoms with E-state index in [-0.39, 0.29) is 21.9 Å². The molecule has 0 aliphatic carbocycles. The standard InChI is InChI=1S/C18H14BrFN4O3S/c1-9-15(17(25)22-11-3-5-12(6-4-11)24(26)27)16(23-18(28)21-9)13-8-10(19)2-7-14(13)20/h2-8,16H,1H3,(H,22,25)(H2,21,23,28). The van der Waals surface area contributed by atoms with E-state index < -0.39 is 22.7 Å². The first kappa shape index (κ1) is 19.9. The number of nitro benzene ring substituents is 1. The Morgan fingerprint density at radius 1 is 1.29 bits per heavy atom. The lowest BCUT2D eigenvalue weighted by Gasteiger charge is -2.30. The summed E-state index contributed by atoms with van der Waals surface area (Å²) in [6.07, 6.45) is 0. The maximum absolute atomic E-state index is 14.4. The highest BCUT2D eigenvalue weighted by Crippen LogP contribution is 2.31. The zero-order chi connectivity index (χ0) is 20.4. The number of hydrogen-bond donors (Lipinski definition) is 3. The predicted octanol–water partition coefficient (Wildman–Crippen LogP) is 3.93. The van der Waals surface area contributed by atoms with Crippen molar-refractivity contribution in [2.45, 2.75) is 13.0 Å². The van der Waals surface area contributed by atoms with Gasteiger partial charge in [0.15, 0.2) is 5.11 Å². The molecule has 0 saturated heterocycles. The van der Waals surface area contributed by atoms with Crippen molar-refractivity contribution in [3.05, 3.63) is 79.7 Å². The lowest BCUT2D eigenvalue weighted by Crippen LogP contribution is -2.46. The number of allylic oxidation sites excluding steroid dienone is 1. The number of amides is 1. The van der Waals surface area contributed by atoms with Gasteiger partial charge in [-0.2, -0.15) is 0 Å². The van der Waals surface area contributed by atoms with Crippen molar-refractivity contribution in [1.82, 2.24) is 10.6 Å². The van der Waals surface area contributed by atoms with Crippen molar-refractivity contribution in [2.75, 3.05) is 5.32 Å². The maximum Gasteiger partial charge on any atom is 0.269 e. The number of anilines is 1. The third kappa shape index (κ3) is 4.18. The summed E-state index contributed by atoms with van der Waals surface area (Å²) in [4.78, 5) is 23.2. The molecule has 7 nitrogen and oxygen atoms in total. The van der Waals surface area contributed by atoms with Crippen LogP contribution in [0.2, 0.25) is 0 Å². The van der Waals surface area contributed by atoms with Crippen LogP contribution in [0.15, 0.2) is 58.2 Å². The number of halogens is 2. The minimum absolute atomic E-state index is 0.0890. The lowest BCUT2D eigenvalue weighted by atomic mass is 9.94. The number of carbonyl (C=O) groups is 1. The van der Waals surface area contributed by atoms with E-state index in [1.54, 1.807) is 19.1 Å². The van der Waals surface area contributed by atoms with E-state index in [9.17, 15) is 19.3 Å². The zero-order valence-corrected chi connectivity index (χ0v) is 16.9. The first-order chi connectivity index (χ1) is 13.3. The molecule has 1 unspecified atom stereocenters. The van der Waals surface area contributed by atoms with Gasteiger partial charge in [0.05, 0.1) is 16.5 Å². The third-order valence-electron chi connectivity index (χ3n) is 4.12. The fourth-order valence-corrected chi connectivity index (χ4v) is 3.48. The number of nitrogens with zero attached hydrogens (tertiary/aromatic N) is 1. The molecule has 10 heteroatoms. The van der Waals surface area contributed by atoms with Crippen LogP contribution < -0.4 is 16.0 Å². The molecule has 0 saturated carbocycles. The molecule has 2 aromatic carbocycles. The Labute approximate surface area is 173 Å². The Hall–Kier alpha value is -2.85. The van der Waals surface area contributed by atoms with Crippen LogP contribution >= 0.6 is 28.1 Å². The average molecular weight is 465 g/mol. The quantitative estimate of drug-likeness (QED) is 0.360. The smallest absolute Gasteiger partial charge is 0.269 e. The summed E-state index contributed by atoms with van der Waals surface area (Å²) in [5.74, 6) is -0.975. The van der Waals surface area contributed by atoms with E-state index in [1.807, 2.05) is 0 Å². The molecule has 0 spiro atoms. The average Bonchev–Trinajstić information content (AvgIpc) is 2.63. The van der Waals surface area contributed by atoms with Gasteiger partial charge in [0, 0.05) is 33.6 Å². The zero-order valence-electron chi connectivity index (χ0n) is 14.5. The second kappa shape index (κ2) is 8.03. The molecule has 3 rings (SSSR count). The number of nitrogens with one attached hydrogen (secondary N) is 3. The van der Waals surface area contributed by atoms with Gasteiger partial charge in [-0.15, -0.1) is 0 Å². The van der Waals surface area contributed by atoms with Gasteiger partial charge < -0.3 is 16.0 Å². The van der Waals surface area contributed by atoms with Crippen LogP contribution in [0.5, 0.6) is 0 Å². The lowest BCUT2D eigenvalue weighted by molar-refractivity contribution is -0.384. The van der Waals surface area contributed by atoms with Crippen LogP contribution in [-0.4, -0.2) is 15.9 Å². The summed E-state index contributed by atoms with van der Waals surface area (Å²) in [5, 5.41) is 19.5.